The number of nitrogens with one attached hydrogen (secondary N) is 2. The van der Waals surface area contributed by atoms with Crippen LogP contribution in [-0.2, 0) is 24.6 Å². The first-order valence-electron chi connectivity index (χ1n) is 7.64. The van der Waals surface area contributed by atoms with Gasteiger partial charge < -0.3 is 10.1 Å². The first-order chi connectivity index (χ1) is 11.5. The number of aromatic amines is 1. The van der Waals surface area contributed by atoms with Crippen LogP contribution in [0, 0.1) is 0 Å². The van der Waals surface area contributed by atoms with E-state index in [2.05, 4.69) is 15.1 Å². The number of ether oxygens (including phenoxy) is 1. The summed E-state index contributed by atoms with van der Waals surface area (Å²) in [7, 11) is 2.81. The van der Waals surface area contributed by atoms with Crippen LogP contribution in [0.4, 0.5) is 5.00 Å². The molecule has 0 atom stereocenters. The lowest BCUT2D eigenvalue weighted by Crippen LogP contribution is -2.41. The maximum atomic E-state index is 12.4. The van der Waals surface area contributed by atoms with E-state index in [1.165, 1.54) is 30.2 Å². The number of carbonyl (C=O) groups is 2. The molecule has 2 N–H and O–H groups in total. The van der Waals surface area contributed by atoms with Gasteiger partial charge in [-0.05, 0) is 36.5 Å². The van der Waals surface area contributed by atoms with Gasteiger partial charge in [0.25, 0.3) is 0 Å². The summed E-state index contributed by atoms with van der Waals surface area (Å²) in [5, 5.41) is 5.37. The van der Waals surface area contributed by atoms with Crippen LogP contribution in [0.3, 0.4) is 0 Å². The largest absolute Gasteiger partial charge is 0.465 e. The van der Waals surface area contributed by atoms with Gasteiger partial charge in [0.15, 0.2) is 7.05 Å². The molecule has 0 unspecified atom stereocenters. The number of aromatic nitrogens is 2. The molecular weight excluding hydrogens is 334 g/mol. The third-order valence-electron chi connectivity index (χ3n) is 4.06. The van der Waals surface area contributed by atoms with Crippen molar-refractivity contribution in [2.24, 2.45) is 7.05 Å². The van der Waals surface area contributed by atoms with Crippen LogP contribution in [0.1, 0.15) is 50.5 Å². The molecule has 2 aromatic rings. The molecular formula is C15H18N3O5S+. The number of nitrogens with zero attached hydrogens (tertiary/aromatic N) is 1. The molecule has 3 rings (SSSR count). The Morgan fingerprint density at radius 1 is 1.29 bits per heavy atom. The van der Waals surface area contributed by atoms with E-state index < -0.39 is 17.5 Å². The molecule has 0 saturated heterocycles. The number of methoxy groups -OCH3 is 1. The minimum atomic E-state index is -0.771. The number of aryl methyl sites for hydroxylation is 2. The standard InChI is InChI=1S/C15H17N3O5S/c1-18-11(15(21)23-17-18)12(19)16-13-10(14(20)22-2)8-6-4-3-5-7-9(8)24-13/h3-7H2,1-2H3,(H-,16,17,19,20,21)/p+1. The van der Waals surface area contributed by atoms with Gasteiger partial charge in [0.2, 0.25) is 0 Å². The smallest absolute Gasteiger partial charge is 0.440 e. The number of carbonyl (C=O) groups excluding carboxylic acids is 2. The van der Waals surface area contributed by atoms with Crippen molar-refractivity contribution in [1.82, 2.24) is 5.27 Å². The topological polar surface area (TPSA) is 105 Å². The Morgan fingerprint density at radius 3 is 2.71 bits per heavy atom. The number of esters is 1. The minimum Gasteiger partial charge on any atom is -0.465 e. The molecule has 8 nitrogen and oxygen atoms in total. The van der Waals surface area contributed by atoms with Crippen LogP contribution >= 0.6 is 11.3 Å². The monoisotopic (exact) mass is 352 g/mol. The van der Waals surface area contributed by atoms with Crippen molar-refractivity contribution in [2.45, 2.75) is 32.1 Å². The molecule has 2 aromatic heterocycles. The summed E-state index contributed by atoms with van der Waals surface area (Å²) in [5.74, 6) is -1.11. The number of fused-ring (bicyclic) bond motifs is 1. The number of thiophene rings is 1. The molecule has 128 valence electrons. The fraction of sp³-hybridized carbons (Fsp3) is 0.467. The SMILES string of the molecule is COC(=O)c1c(NC(=O)c2c(=O)o[nH][n+]2C)sc2c1CCCCC2. The average Bonchev–Trinajstić information content (AvgIpc) is 2.97. The zero-order chi connectivity index (χ0) is 17.3. The van der Waals surface area contributed by atoms with Crippen molar-refractivity contribution >= 4 is 28.2 Å². The molecule has 0 bridgehead atoms. The highest BCUT2D eigenvalue weighted by Gasteiger charge is 2.31. The van der Waals surface area contributed by atoms with Crippen molar-refractivity contribution < 1.29 is 23.5 Å². The van der Waals surface area contributed by atoms with E-state index in [-0.39, 0.29) is 5.69 Å². The van der Waals surface area contributed by atoms with Crippen LogP contribution in [-0.4, -0.2) is 24.3 Å². The fourth-order valence-corrected chi connectivity index (χ4v) is 4.17. The Balaban J connectivity index is 2.00. The highest BCUT2D eigenvalue weighted by Crippen LogP contribution is 2.38. The van der Waals surface area contributed by atoms with Crippen molar-refractivity contribution in [1.29, 1.82) is 0 Å². The number of rotatable bonds is 3. The highest BCUT2D eigenvalue weighted by atomic mass is 32.1. The molecule has 1 aliphatic rings. The van der Waals surface area contributed by atoms with E-state index in [1.807, 2.05) is 0 Å². The Bertz CT molecular complexity index is 848. The van der Waals surface area contributed by atoms with Crippen molar-refractivity contribution in [3.8, 4) is 0 Å². The van der Waals surface area contributed by atoms with Gasteiger partial charge in [0, 0.05) is 4.88 Å². The molecule has 1 amide bonds. The normalized spacial score (nSPS) is 13.9. The third kappa shape index (κ3) is 2.86. The summed E-state index contributed by atoms with van der Waals surface area (Å²) < 4.78 is 10.7. The summed E-state index contributed by atoms with van der Waals surface area (Å²) in [6, 6.07) is 0. The van der Waals surface area contributed by atoms with Crippen LogP contribution in [0.15, 0.2) is 9.32 Å². The maximum absolute atomic E-state index is 12.4. The Morgan fingerprint density at radius 2 is 2.04 bits per heavy atom. The Labute approximate surface area is 141 Å². The molecule has 2 heterocycles. The van der Waals surface area contributed by atoms with Gasteiger partial charge >= 0.3 is 23.2 Å². The lowest BCUT2D eigenvalue weighted by atomic mass is 10.1. The van der Waals surface area contributed by atoms with Gasteiger partial charge in [-0.2, -0.15) is 0 Å². The Kier molecular flexibility index (Phi) is 4.52. The summed E-state index contributed by atoms with van der Waals surface area (Å²) in [4.78, 5) is 37.3. The maximum Gasteiger partial charge on any atom is 0.440 e. The molecule has 0 saturated carbocycles. The lowest BCUT2D eigenvalue weighted by Gasteiger charge is -2.05. The quantitative estimate of drug-likeness (QED) is 0.490. The second kappa shape index (κ2) is 6.60. The highest BCUT2D eigenvalue weighted by molar-refractivity contribution is 7.17. The lowest BCUT2D eigenvalue weighted by molar-refractivity contribution is -0.741. The second-order valence-corrected chi connectivity index (χ2v) is 6.71. The van der Waals surface area contributed by atoms with Crippen molar-refractivity contribution in [3.63, 3.8) is 0 Å². The van der Waals surface area contributed by atoms with Crippen molar-refractivity contribution in [2.75, 3.05) is 12.4 Å². The molecule has 0 aliphatic heterocycles. The van der Waals surface area contributed by atoms with Crippen LogP contribution < -0.4 is 15.6 Å². The van der Waals surface area contributed by atoms with E-state index in [1.54, 1.807) is 0 Å². The molecule has 0 fully saturated rings. The second-order valence-electron chi connectivity index (χ2n) is 5.60. The van der Waals surface area contributed by atoms with Crippen LogP contribution in [0.2, 0.25) is 0 Å². The summed E-state index contributed by atoms with van der Waals surface area (Å²) in [5.41, 5.74) is 0.405. The minimum absolute atomic E-state index is 0.172. The van der Waals surface area contributed by atoms with E-state index in [4.69, 9.17) is 4.74 Å². The average molecular weight is 352 g/mol. The van der Waals surface area contributed by atoms with Gasteiger partial charge in [-0.25, -0.2) is 9.59 Å². The number of hydrogen-bond acceptors (Lipinski definition) is 6. The van der Waals surface area contributed by atoms with Crippen LogP contribution in [0.5, 0.6) is 0 Å². The Hall–Kier alpha value is -2.42. The zero-order valence-electron chi connectivity index (χ0n) is 13.4. The number of hydrogen-bond donors (Lipinski definition) is 2. The fourth-order valence-electron chi connectivity index (χ4n) is 2.90. The van der Waals surface area contributed by atoms with Gasteiger partial charge in [-0.15, -0.1) is 11.3 Å². The molecule has 0 radical (unpaired) electrons. The molecule has 0 spiro atoms. The van der Waals surface area contributed by atoms with E-state index >= 15 is 0 Å². The first kappa shape index (κ1) is 16.4. The molecule has 9 heteroatoms. The molecule has 0 aromatic carbocycles. The number of amides is 1. The van der Waals surface area contributed by atoms with E-state index in [0.29, 0.717) is 10.6 Å². The van der Waals surface area contributed by atoms with E-state index in [9.17, 15) is 14.4 Å². The van der Waals surface area contributed by atoms with Gasteiger partial charge in [-0.3, -0.25) is 9.32 Å². The first-order valence-corrected chi connectivity index (χ1v) is 8.46. The predicted molar refractivity (Wildman–Crippen MR) is 85.4 cm³/mol. The van der Waals surface area contributed by atoms with Gasteiger partial charge in [0.05, 0.1) is 12.7 Å². The number of H-pyrrole nitrogens is 1. The zero-order valence-corrected chi connectivity index (χ0v) is 14.2. The summed E-state index contributed by atoms with van der Waals surface area (Å²) in [6.45, 7) is 0. The van der Waals surface area contributed by atoms with Gasteiger partial charge in [-0.1, -0.05) is 11.1 Å². The summed E-state index contributed by atoms with van der Waals surface area (Å²) in [6.07, 6.45) is 4.82. The van der Waals surface area contributed by atoms with Gasteiger partial charge in [0.1, 0.15) is 5.00 Å². The molecule has 24 heavy (non-hydrogen) atoms. The predicted octanol–water partition coefficient (Wildman–Crippen LogP) is 1.16. The van der Waals surface area contributed by atoms with E-state index in [0.717, 1.165) is 42.5 Å². The van der Waals surface area contributed by atoms with Crippen molar-refractivity contribution in [3.05, 3.63) is 32.1 Å². The third-order valence-corrected chi connectivity index (χ3v) is 5.26. The van der Waals surface area contributed by atoms with Crippen LogP contribution in [0.25, 0.3) is 0 Å². The molecule has 1 aliphatic carbocycles. The number of anilines is 1. The summed E-state index contributed by atoms with van der Waals surface area (Å²) >= 11 is 1.37.